The van der Waals surface area contributed by atoms with Crippen molar-refractivity contribution in [3.05, 3.63) is 48.2 Å². The van der Waals surface area contributed by atoms with Gasteiger partial charge in [-0.15, -0.1) is 0 Å². The van der Waals surface area contributed by atoms with Crippen molar-refractivity contribution < 1.29 is 4.42 Å². The van der Waals surface area contributed by atoms with E-state index in [-0.39, 0.29) is 0 Å². The Morgan fingerprint density at radius 3 is 2.93 bits per heavy atom. The van der Waals surface area contributed by atoms with Crippen molar-refractivity contribution in [3.8, 4) is 0 Å². The summed E-state index contributed by atoms with van der Waals surface area (Å²) in [5.74, 6) is 0.841. The molecule has 0 bridgehead atoms. The smallest absolute Gasteiger partial charge is 0.180 e. The number of para-hydroxylation sites is 1. The lowest BCUT2D eigenvalue weighted by molar-refractivity contribution is 0.511. The van der Waals surface area contributed by atoms with Crippen LogP contribution in [0.4, 0.5) is 5.69 Å². The summed E-state index contributed by atoms with van der Waals surface area (Å²) in [6, 6.07) is 8.15. The maximum absolute atomic E-state index is 5.12. The second-order valence-corrected chi connectivity index (χ2v) is 3.14. The predicted molar refractivity (Wildman–Crippen MR) is 55.0 cm³/mol. The third-order valence-electron chi connectivity index (χ3n) is 2.08. The Labute approximate surface area is 82.8 Å². The van der Waals surface area contributed by atoms with Crippen molar-refractivity contribution in [3.63, 3.8) is 0 Å². The van der Waals surface area contributed by atoms with Crippen LogP contribution < -0.4 is 5.32 Å². The molecular weight excluding hydrogens is 176 g/mol. The first-order valence-electron chi connectivity index (χ1n) is 4.53. The number of oxazole rings is 1. The van der Waals surface area contributed by atoms with Gasteiger partial charge in [0.05, 0.1) is 12.7 Å². The average molecular weight is 188 g/mol. The summed E-state index contributed by atoms with van der Waals surface area (Å²) >= 11 is 0. The molecule has 72 valence electrons. The van der Waals surface area contributed by atoms with E-state index in [0.29, 0.717) is 6.54 Å². The van der Waals surface area contributed by atoms with E-state index < -0.39 is 0 Å². The van der Waals surface area contributed by atoms with Crippen LogP contribution in [-0.2, 0) is 6.54 Å². The molecule has 0 atom stereocenters. The lowest BCUT2D eigenvalue weighted by atomic mass is 10.2. The summed E-state index contributed by atoms with van der Waals surface area (Å²) in [5, 5.41) is 3.28. The molecule has 2 aromatic rings. The fraction of sp³-hybridized carbons (Fsp3) is 0.182. The van der Waals surface area contributed by atoms with Crippen molar-refractivity contribution in [2.75, 3.05) is 5.32 Å². The molecule has 2 rings (SSSR count). The van der Waals surface area contributed by atoms with Crippen molar-refractivity contribution in [2.24, 2.45) is 0 Å². The van der Waals surface area contributed by atoms with Gasteiger partial charge in [0.25, 0.3) is 0 Å². The SMILES string of the molecule is Cc1ccccc1NCc1cnco1. The number of aromatic nitrogens is 1. The molecule has 0 aliphatic rings. The quantitative estimate of drug-likeness (QED) is 0.804. The molecule has 1 aromatic carbocycles. The van der Waals surface area contributed by atoms with Gasteiger partial charge >= 0.3 is 0 Å². The van der Waals surface area contributed by atoms with E-state index in [1.165, 1.54) is 12.0 Å². The molecule has 0 radical (unpaired) electrons. The maximum Gasteiger partial charge on any atom is 0.180 e. The molecule has 0 fully saturated rings. The second kappa shape index (κ2) is 3.96. The predicted octanol–water partition coefficient (Wildman–Crippen LogP) is 2.60. The zero-order chi connectivity index (χ0) is 9.80. The van der Waals surface area contributed by atoms with Crippen LogP contribution in [0.3, 0.4) is 0 Å². The van der Waals surface area contributed by atoms with Crippen LogP contribution in [0.15, 0.2) is 41.3 Å². The summed E-state index contributed by atoms with van der Waals surface area (Å²) in [4.78, 5) is 3.85. The van der Waals surface area contributed by atoms with E-state index in [2.05, 4.69) is 23.3 Å². The first-order chi connectivity index (χ1) is 6.86. The normalized spacial score (nSPS) is 10.1. The lowest BCUT2D eigenvalue weighted by Crippen LogP contribution is -1.99. The number of benzene rings is 1. The van der Waals surface area contributed by atoms with Crippen LogP contribution in [-0.4, -0.2) is 4.98 Å². The van der Waals surface area contributed by atoms with Gasteiger partial charge in [-0.1, -0.05) is 18.2 Å². The topological polar surface area (TPSA) is 38.1 Å². The number of nitrogens with one attached hydrogen (secondary N) is 1. The first kappa shape index (κ1) is 8.81. The standard InChI is InChI=1S/C11H12N2O/c1-9-4-2-3-5-11(9)13-7-10-6-12-8-14-10/h2-6,8,13H,7H2,1H3. The Balaban J connectivity index is 2.02. The Bertz CT molecular complexity index is 395. The van der Waals surface area contributed by atoms with E-state index in [9.17, 15) is 0 Å². The van der Waals surface area contributed by atoms with E-state index >= 15 is 0 Å². The second-order valence-electron chi connectivity index (χ2n) is 3.14. The molecule has 3 heteroatoms. The van der Waals surface area contributed by atoms with Gasteiger partial charge in [0.2, 0.25) is 0 Å². The Hall–Kier alpha value is -1.77. The minimum atomic E-state index is 0.671. The van der Waals surface area contributed by atoms with Crippen LogP contribution in [0.5, 0.6) is 0 Å². The molecule has 1 heterocycles. The number of nitrogens with zero attached hydrogens (tertiary/aromatic N) is 1. The fourth-order valence-corrected chi connectivity index (χ4v) is 1.28. The van der Waals surface area contributed by atoms with Gasteiger partial charge in [-0.2, -0.15) is 0 Å². The number of aryl methyl sites for hydroxylation is 1. The van der Waals surface area contributed by atoms with E-state index in [4.69, 9.17) is 4.42 Å². The minimum absolute atomic E-state index is 0.671. The highest BCUT2D eigenvalue weighted by atomic mass is 16.3. The Kier molecular flexibility index (Phi) is 2.49. The molecule has 0 amide bonds. The molecule has 0 aliphatic heterocycles. The number of rotatable bonds is 3. The third kappa shape index (κ3) is 1.93. The van der Waals surface area contributed by atoms with Crippen molar-refractivity contribution >= 4 is 5.69 Å². The summed E-state index contributed by atoms with van der Waals surface area (Å²) in [7, 11) is 0. The van der Waals surface area contributed by atoms with Crippen LogP contribution >= 0.6 is 0 Å². The minimum Gasteiger partial charge on any atom is -0.447 e. The molecule has 14 heavy (non-hydrogen) atoms. The summed E-state index contributed by atoms with van der Waals surface area (Å²) < 4.78 is 5.12. The van der Waals surface area contributed by atoms with Gasteiger partial charge in [0.1, 0.15) is 5.76 Å². The lowest BCUT2D eigenvalue weighted by Gasteiger charge is -2.06. The van der Waals surface area contributed by atoms with Gasteiger partial charge in [0.15, 0.2) is 6.39 Å². The molecule has 0 spiro atoms. The van der Waals surface area contributed by atoms with E-state index in [1.54, 1.807) is 6.20 Å². The maximum atomic E-state index is 5.12. The van der Waals surface area contributed by atoms with Gasteiger partial charge in [-0.25, -0.2) is 4.98 Å². The van der Waals surface area contributed by atoms with Gasteiger partial charge < -0.3 is 9.73 Å². The summed E-state index contributed by atoms with van der Waals surface area (Å²) in [6.45, 7) is 2.74. The average Bonchev–Trinajstić information content (AvgIpc) is 2.69. The molecule has 3 nitrogen and oxygen atoms in total. The van der Waals surface area contributed by atoms with Crippen molar-refractivity contribution in [1.82, 2.24) is 4.98 Å². The largest absolute Gasteiger partial charge is 0.447 e. The Morgan fingerprint density at radius 2 is 2.21 bits per heavy atom. The number of hydrogen-bond acceptors (Lipinski definition) is 3. The van der Waals surface area contributed by atoms with E-state index in [0.717, 1.165) is 11.4 Å². The van der Waals surface area contributed by atoms with Crippen LogP contribution in [0.1, 0.15) is 11.3 Å². The molecule has 0 aliphatic carbocycles. The first-order valence-corrected chi connectivity index (χ1v) is 4.53. The van der Waals surface area contributed by atoms with Crippen LogP contribution in [0.25, 0.3) is 0 Å². The molecule has 0 saturated heterocycles. The summed E-state index contributed by atoms with van der Waals surface area (Å²) in [5.41, 5.74) is 2.36. The van der Waals surface area contributed by atoms with Crippen LogP contribution in [0.2, 0.25) is 0 Å². The monoisotopic (exact) mass is 188 g/mol. The van der Waals surface area contributed by atoms with Gasteiger partial charge in [0, 0.05) is 5.69 Å². The van der Waals surface area contributed by atoms with Crippen LogP contribution in [0, 0.1) is 6.92 Å². The zero-order valence-corrected chi connectivity index (χ0v) is 8.03. The van der Waals surface area contributed by atoms with Gasteiger partial charge in [-0.05, 0) is 18.6 Å². The van der Waals surface area contributed by atoms with Gasteiger partial charge in [-0.3, -0.25) is 0 Å². The fourth-order valence-electron chi connectivity index (χ4n) is 1.28. The number of anilines is 1. The zero-order valence-electron chi connectivity index (χ0n) is 8.03. The molecule has 0 saturated carbocycles. The third-order valence-corrected chi connectivity index (χ3v) is 2.08. The van der Waals surface area contributed by atoms with Crippen molar-refractivity contribution in [2.45, 2.75) is 13.5 Å². The number of hydrogen-bond donors (Lipinski definition) is 1. The highest BCUT2D eigenvalue weighted by molar-refractivity contribution is 5.50. The summed E-state index contributed by atoms with van der Waals surface area (Å²) in [6.07, 6.45) is 3.15. The van der Waals surface area contributed by atoms with E-state index in [1.807, 2.05) is 18.2 Å². The van der Waals surface area contributed by atoms with Crippen molar-refractivity contribution in [1.29, 1.82) is 0 Å². The Morgan fingerprint density at radius 1 is 1.36 bits per heavy atom. The highest BCUT2D eigenvalue weighted by Crippen LogP contribution is 2.14. The molecule has 1 aromatic heterocycles. The molecule has 0 unspecified atom stereocenters. The molecule has 1 N–H and O–H groups in total. The highest BCUT2D eigenvalue weighted by Gasteiger charge is 1.98. The molecular formula is C11H12N2O.